The van der Waals surface area contributed by atoms with E-state index in [1.807, 2.05) is 12.1 Å². The zero-order valence-corrected chi connectivity index (χ0v) is 37.4. The second-order valence-corrected chi connectivity index (χ2v) is 18.9. The van der Waals surface area contributed by atoms with Crippen molar-refractivity contribution in [1.29, 1.82) is 0 Å². The lowest BCUT2D eigenvalue weighted by atomic mass is 9.82. The van der Waals surface area contributed by atoms with E-state index in [0.717, 1.165) is 66.6 Å². The number of nitrogens with zero attached hydrogens (tertiary/aromatic N) is 5. The van der Waals surface area contributed by atoms with Gasteiger partial charge in [0.2, 0.25) is 0 Å². The highest BCUT2D eigenvalue weighted by Gasteiger charge is 2.35. The van der Waals surface area contributed by atoms with E-state index in [-0.39, 0.29) is 5.41 Å². The van der Waals surface area contributed by atoms with Crippen LogP contribution in [0.25, 0.3) is 127 Å². The number of hydrogen-bond donors (Lipinski definition) is 0. The maximum absolute atomic E-state index is 5.49. The molecule has 4 heterocycles. The second kappa shape index (κ2) is 13.6. The van der Waals surface area contributed by atoms with Crippen LogP contribution in [0.3, 0.4) is 0 Å². The largest absolute Gasteiger partial charge is 0.309 e. The lowest BCUT2D eigenvalue weighted by molar-refractivity contribution is 0.660. The Hall–Kier alpha value is -8.80. The van der Waals surface area contributed by atoms with Gasteiger partial charge in [-0.1, -0.05) is 153 Å². The van der Waals surface area contributed by atoms with Crippen molar-refractivity contribution in [2.75, 3.05) is 0 Å². The lowest BCUT2D eigenvalue weighted by Crippen LogP contribution is -2.14. The number of aromatic nitrogens is 5. The minimum atomic E-state index is -0.0587. The van der Waals surface area contributed by atoms with Gasteiger partial charge in [-0.25, -0.2) is 9.97 Å². The van der Waals surface area contributed by atoms with Crippen LogP contribution in [0.4, 0.5) is 0 Å². The van der Waals surface area contributed by atoms with Crippen LogP contribution in [-0.4, -0.2) is 23.7 Å². The molecule has 0 N–H and O–H groups in total. The Morgan fingerprint density at radius 2 is 0.926 bits per heavy atom. The minimum absolute atomic E-state index is 0.0587. The summed E-state index contributed by atoms with van der Waals surface area (Å²) in [6, 6.07) is 77.5. The molecule has 1 aliphatic rings. The van der Waals surface area contributed by atoms with Gasteiger partial charge in [-0.15, -0.1) is 0 Å². The molecule has 0 bridgehead atoms. The van der Waals surface area contributed by atoms with Gasteiger partial charge in [0.05, 0.1) is 49.8 Å². The van der Waals surface area contributed by atoms with Crippen LogP contribution in [0.2, 0.25) is 0 Å². The summed E-state index contributed by atoms with van der Waals surface area (Å²) in [6.45, 7) is 4.70. The van der Waals surface area contributed by atoms with E-state index in [0.29, 0.717) is 0 Å². The monoisotopic (exact) mass is 867 g/mol. The summed E-state index contributed by atoms with van der Waals surface area (Å²) in [4.78, 5) is 10.9. The first-order valence-electron chi connectivity index (χ1n) is 23.5. The fourth-order valence-corrected chi connectivity index (χ4v) is 12.0. The predicted octanol–water partition coefficient (Wildman–Crippen LogP) is 16.0. The number of para-hydroxylation sites is 5. The fraction of sp³-hybridized carbons (Fsp3) is 0.0476. The molecule has 5 heteroatoms. The van der Waals surface area contributed by atoms with Crippen molar-refractivity contribution in [3.63, 3.8) is 0 Å². The average Bonchev–Trinajstić information content (AvgIpc) is 4.09. The van der Waals surface area contributed by atoms with Gasteiger partial charge in [0, 0.05) is 49.0 Å². The standard InChI is InChI=1S/C63H41N5/c1-63(2)47-22-9-5-18-42(47)46-37-41(32-33-48(46)63)66-51-25-12-7-20-44(51)59-56(66)34-35-57-60(59)45-21-8-13-26-52(45)67(57)54-28-15-29-55-58(54)43-19-6-14-27-53(43)68(55)62-61(64-49-23-10-11-24-50(49)65-62)40-31-30-38-16-3-4-17-39(38)36-40/h3-37H,1-2H3. The first kappa shape index (κ1) is 37.4. The highest BCUT2D eigenvalue weighted by atomic mass is 15.1. The maximum atomic E-state index is 5.49. The van der Waals surface area contributed by atoms with Gasteiger partial charge < -0.3 is 9.13 Å². The van der Waals surface area contributed by atoms with Crippen molar-refractivity contribution in [3.05, 3.63) is 223 Å². The summed E-state index contributed by atoms with van der Waals surface area (Å²) < 4.78 is 7.32. The molecule has 14 aromatic rings. The SMILES string of the molecule is CC1(C)c2ccccc2-c2cc(-n3c4ccccc4c4c5c6ccccc6n(-c6cccc7c6c6ccccc6n7-c6nc7ccccc7nc6-c6ccc7ccccc7c6)c5ccc43)ccc21. The van der Waals surface area contributed by atoms with Gasteiger partial charge in [0.1, 0.15) is 5.69 Å². The third-order valence-electron chi connectivity index (χ3n) is 15.0. The highest BCUT2D eigenvalue weighted by molar-refractivity contribution is 6.29. The van der Waals surface area contributed by atoms with Crippen LogP contribution in [0.15, 0.2) is 212 Å². The molecule has 0 radical (unpaired) electrons. The molecule has 0 amide bonds. The number of hydrogen-bond acceptors (Lipinski definition) is 2. The van der Waals surface area contributed by atoms with Crippen molar-refractivity contribution in [3.8, 4) is 39.6 Å². The molecule has 0 spiro atoms. The third kappa shape index (κ3) is 4.99. The van der Waals surface area contributed by atoms with E-state index in [9.17, 15) is 0 Å². The van der Waals surface area contributed by atoms with Crippen LogP contribution in [0, 0.1) is 0 Å². The molecule has 0 atom stereocenters. The number of benzene rings is 10. The molecule has 1 aliphatic carbocycles. The molecule has 15 rings (SSSR count). The van der Waals surface area contributed by atoms with E-state index in [2.05, 4.69) is 228 Å². The van der Waals surface area contributed by atoms with Gasteiger partial charge >= 0.3 is 0 Å². The summed E-state index contributed by atoms with van der Waals surface area (Å²) in [5.41, 5.74) is 18.1. The normalized spacial score (nSPS) is 13.3. The van der Waals surface area contributed by atoms with Crippen molar-refractivity contribution in [2.45, 2.75) is 19.3 Å². The van der Waals surface area contributed by atoms with Crippen LogP contribution in [0.5, 0.6) is 0 Å². The Bertz CT molecular complexity index is 4480. The zero-order valence-electron chi connectivity index (χ0n) is 37.4. The van der Waals surface area contributed by atoms with Crippen molar-refractivity contribution in [2.24, 2.45) is 0 Å². The molecule has 5 nitrogen and oxygen atoms in total. The smallest absolute Gasteiger partial charge is 0.165 e. The molecule has 68 heavy (non-hydrogen) atoms. The van der Waals surface area contributed by atoms with Gasteiger partial charge in [-0.3, -0.25) is 4.57 Å². The molecule has 0 saturated carbocycles. The molecular weight excluding hydrogens is 827 g/mol. The summed E-state index contributed by atoms with van der Waals surface area (Å²) in [6.07, 6.45) is 0. The third-order valence-corrected chi connectivity index (χ3v) is 15.0. The Morgan fingerprint density at radius 1 is 0.368 bits per heavy atom. The summed E-state index contributed by atoms with van der Waals surface area (Å²) in [5.74, 6) is 0.803. The van der Waals surface area contributed by atoms with Crippen molar-refractivity contribution in [1.82, 2.24) is 23.7 Å². The first-order valence-corrected chi connectivity index (χ1v) is 23.5. The van der Waals surface area contributed by atoms with Crippen LogP contribution in [-0.2, 0) is 5.41 Å². The molecule has 0 fully saturated rings. The quantitative estimate of drug-likeness (QED) is 0.177. The summed E-state index contributed by atoms with van der Waals surface area (Å²) in [7, 11) is 0. The van der Waals surface area contributed by atoms with E-state index in [1.165, 1.54) is 71.3 Å². The minimum Gasteiger partial charge on any atom is -0.309 e. The highest BCUT2D eigenvalue weighted by Crippen LogP contribution is 2.50. The van der Waals surface area contributed by atoms with Gasteiger partial charge in [0.25, 0.3) is 0 Å². The molecule has 0 unspecified atom stereocenters. The predicted molar refractivity (Wildman–Crippen MR) is 283 cm³/mol. The first-order chi connectivity index (χ1) is 33.5. The van der Waals surface area contributed by atoms with Gasteiger partial charge in [0.15, 0.2) is 5.82 Å². The Kier molecular flexibility index (Phi) is 7.50. The average molecular weight is 868 g/mol. The van der Waals surface area contributed by atoms with E-state index < -0.39 is 0 Å². The molecule has 10 aromatic carbocycles. The fourth-order valence-electron chi connectivity index (χ4n) is 12.0. The Labute approximate surface area is 391 Å². The molecule has 0 saturated heterocycles. The Morgan fingerprint density at radius 3 is 1.69 bits per heavy atom. The van der Waals surface area contributed by atoms with Gasteiger partial charge in [-0.05, 0) is 106 Å². The zero-order chi connectivity index (χ0) is 44.8. The topological polar surface area (TPSA) is 40.6 Å². The van der Waals surface area contributed by atoms with Crippen LogP contribution < -0.4 is 0 Å². The summed E-state index contributed by atoms with van der Waals surface area (Å²) in [5, 5.41) is 9.65. The molecular formula is C63H41N5. The van der Waals surface area contributed by atoms with Crippen LogP contribution >= 0.6 is 0 Å². The van der Waals surface area contributed by atoms with E-state index in [1.54, 1.807) is 0 Å². The van der Waals surface area contributed by atoms with Crippen LogP contribution in [0.1, 0.15) is 25.0 Å². The molecule has 0 aliphatic heterocycles. The lowest BCUT2D eigenvalue weighted by Gasteiger charge is -2.21. The van der Waals surface area contributed by atoms with Crippen molar-refractivity contribution < 1.29 is 0 Å². The van der Waals surface area contributed by atoms with E-state index in [4.69, 9.17) is 9.97 Å². The molecule has 318 valence electrons. The van der Waals surface area contributed by atoms with Gasteiger partial charge in [-0.2, -0.15) is 0 Å². The number of fused-ring (bicyclic) bond motifs is 15. The Balaban J connectivity index is 1.01. The van der Waals surface area contributed by atoms with E-state index >= 15 is 0 Å². The maximum Gasteiger partial charge on any atom is 0.165 e. The second-order valence-electron chi connectivity index (χ2n) is 18.9. The summed E-state index contributed by atoms with van der Waals surface area (Å²) >= 11 is 0. The molecule has 4 aromatic heterocycles. The number of rotatable bonds is 4. The van der Waals surface area contributed by atoms with Crippen molar-refractivity contribution >= 4 is 87.2 Å².